The van der Waals surface area contributed by atoms with Crippen LogP contribution in [0, 0.1) is 0 Å². The van der Waals surface area contributed by atoms with Crippen LogP contribution in [0.15, 0.2) is 0 Å². The summed E-state index contributed by atoms with van der Waals surface area (Å²) in [7, 11) is -7.25. The molecule has 0 aliphatic carbocycles. The van der Waals surface area contributed by atoms with Crippen LogP contribution in [-0.2, 0) is 19.9 Å². The van der Waals surface area contributed by atoms with Crippen LogP contribution >= 0.6 is 0 Å². The molecule has 1 aliphatic heterocycles. The fourth-order valence-corrected chi connectivity index (χ4v) is 5.80. The lowest BCUT2D eigenvalue weighted by atomic mass is 10.3. The van der Waals surface area contributed by atoms with Crippen molar-refractivity contribution in [1.29, 1.82) is 0 Å². The molecule has 0 unspecified atom stereocenters. The van der Waals surface area contributed by atoms with Crippen molar-refractivity contribution in [3.8, 4) is 0 Å². The summed E-state index contributed by atoms with van der Waals surface area (Å²) >= 11 is 0. The third kappa shape index (κ3) is 6.49. The van der Waals surface area contributed by atoms with Crippen LogP contribution < -0.4 is 5.73 Å². The van der Waals surface area contributed by atoms with E-state index in [0.29, 0.717) is 26.2 Å². The molecule has 0 amide bonds. The third-order valence-electron chi connectivity index (χ3n) is 3.23. The van der Waals surface area contributed by atoms with Crippen LogP contribution in [0.1, 0.15) is 19.3 Å². The monoisotopic (exact) mass is 327 g/mol. The van der Waals surface area contributed by atoms with E-state index < -0.39 is 24.9 Å². The van der Waals surface area contributed by atoms with Gasteiger partial charge in [-0.1, -0.05) is 0 Å². The fraction of sp³-hybridized carbons (Fsp3) is 1.00. The lowest BCUT2D eigenvalue weighted by Crippen LogP contribution is -2.38. The van der Waals surface area contributed by atoms with E-state index in [9.17, 15) is 16.8 Å². The molecule has 2 N–H and O–H groups in total. The van der Waals surface area contributed by atoms with E-state index in [2.05, 4.69) is 4.90 Å². The van der Waals surface area contributed by atoms with Gasteiger partial charge >= 0.3 is 0 Å². The number of rotatable bonds is 7. The van der Waals surface area contributed by atoms with Crippen LogP contribution in [-0.4, -0.2) is 76.6 Å². The zero-order chi connectivity index (χ0) is 15.2. The predicted molar refractivity (Wildman–Crippen MR) is 79.5 cm³/mol. The molecule has 0 saturated carbocycles. The van der Waals surface area contributed by atoms with Gasteiger partial charge in [-0.2, -0.15) is 4.31 Å². The number of nitrogens with zero attached hydrogens (tertiary/aromatic N) is 2. The first kappa shape index (κ1) is 17.8. The van der Waals surface area contributed by atoms with Gasteiger partial charge in [0.25, 0.3) is 0 Å². The van der Waals surface area contributed by atoms with Gasteiger partial charge in [0.2, 0.25) is 10.0 Å². The minimum absolute atomic E-state index is 0.362. The van der Waals surface area contributed by atoms with E-state index in [1.165, 1.54) is 4.31 Å². The van der Waals surface area contributed by atoms with Gasteiger partial charge in [-0.05, 0) is 38.9 Å². The van der Waals surface area contributed by atoms with E-state index >= 15 is 0 Å². The summed E-state index contributed by atoms with van der Waals surface area (Å²) in [6, 6.07) is 0. The molecule has 1 fully saturated rings. The zero-order valence-corrected chi connectivity index (χ0v) is 13.6. The van der Waals surface area contributed by atoms with Gasteiger partial charge in [0.1, 0.15) is 0 Å². The van der Waals surface area contributed by atoms with Crippen LogP contribution in [0.25, 0.3) is 0 Å². The average Bonchev–Trinajstić information content (AvgIpc) is 2.52. The Kier molecular flexibility index (Phi) is 6.86. The molecule has 1 rings (SSSR count). The maximum absolute atomic E-state index is 12.0. The van der Waals surface area contributed by atoms with Crippen molar-refractivity contribution in [3.05, 3.63) is 0 Å². The van der Waals surface area contributed by atoms with Crippen molar-refractivity contribution in [3.63, 3.8) is 0 Å². The first-order chi connectivity index (χ1) is 9.24. The molecule has 0 aromatic rings. The molecular formula is C11H25N3O4S2. The van der Waals surface area contributed by atoms with Crippen molar-refractivity contribution in [2.75, 3.05) is 50.6 Å². The largest absolute Gasteiger partial charge is 0.330 e. The van der Waals surface area contributed by atoms with Crippen molar-refractivity contribution in [2.45, 2.75) is 19.3 Å². The Balaban J connectivity index is 2.55. The van der Waals surface area contributed by atoms with E-state index in [-0.39, 0.29) is 0 Å². The highest BCUT2D eigenvalue weighted by Crippen LogP contribution is 2.11. The lowest BCUT2D eigenvalue weighted by Gasteiger charge is -2.21. The molecule has 120 valence electrons. The molecule has 0 bridgehead atoms. The molecule has 0 aromatic carbocycles. The van der Waals surface area contributed by atoms with Crippen LogP contribution in [0.3, 0.4) is 0 Å². The molecule has 1 saturated heterocycles. The van der Waals surface area contributed by atoms with Crippen molar-refractivity contribution in [2.24, 2.45) is 5.73 Å². The van der Waals surface area contributed by atoms with Crippen LogP contribution in [0.5, 0.6) is 0 Å². The summed E-state index contributed by atoms with van der Waals surface area (Å²) in [4.78, 5) is 2.21. The average molecular weight is 327 g/mol. The molecule has 0 aromatic heterocycles. The Labute approximate surface area is 122 Å². The maximum Gasteiger partial charge on any atom is 0.228 e. The normalized spacial score (nSPS) is 19.9. The minimum atomic E-state index is -3.71. The first-order valence-electron chi connectivity index (χ1n) is 6.82. The highest BCUT2D eigenvalue weighted by atomic mass is 32.3. The van der Waals surface area contributed by atoms with E-state index in [0.717, 1.165) is 38.6 Å². The Hall–Kier alpha value is -0.220. The topological polar surface area (TPSA) is 101 Å². The molecule has 9 heteroatoms. The number of sulfone groups is 1. The quantitative estimate of drug-likeness (QED) is 0.606. The standard InChI is InChI=1S/C11H25N3O4S2/c1-19(15,16)11-20(17,18)14-8-4-7-13(9-10-14)6-3-2-5-12/h2-12H2,1H3. The summed E-state index contributed by atoms with van der Waals surface area (Å²) in [6.07, 6.45) is 3.65. The molecule has 20 heavy (non-hydrogen) atoms. The van der Waals surface area contributed by atoms with Gasteiger partial charge in [0, 0.05) is 25.9 Å². The van der Waals surface area contributed by atoms with Crippen molar-refractivity contribution >= 4 is 19.9 Å². The number of unbranched alkanes of at least 4 members (excludes halogenated alkanes) is 1. The van der Waals surface area contributed by atoms with Gasteiger partial charge in [-0.25, -0.2) is 16.8 Å². The summed E-state index contributed by atoms with van der Waals surface area (Å²) in [5, 5.41) is -0.798. The number of hydrogen-bond acceptors (Lipinski definition) is 6. The second kappa shape index (κ2) is 7.69. The van der Waals surface area contributed by atoms with Gasteiger partial charge in [-0.15, -0.1) is 0 Å². The van der Waals surface area contributed by atoms with Crippen LogP contribution in [0.2, 0.25) is 0 Å². The highest BCUT2D eigenvalue weighted by molar-refractivity contribution is 8.06. The first-order valence-corrected chi connectivity index (χ1v) is 10.5. The highest BCUT2D eigenvalue weighted by Gasteiger charge is 2.28. The minimum Gasteiger partial charge on any atom is -0.330 e. The Morgan fingerprint density at radius 2 is 1.70 bits per heavy atom. The van der Waals surface area contributed by atoms with E-state index in [4.69, 9.17) is 5.73 Å². The lowest BCUT2D eigenvalue weighted by molar-refractivity contribution is 0.281. The van der Waals surface area contributed by atoms with E-state index in [1.807, 2.05) is 0 Å². The molecular weight excluding hydrogens is 302 g/mol. The smallest absolute Gasteiger partial charge is 0.228 e. The number of hydrogen-bond donors (Lipinski definition) is 1. The van der Waals surface area contributed by atoms with Crippen molar-refractivity contribution in [1.82, 2.24) is 9.21 Å². The molecule has 1 aliphatic rings. The predicted octanol–water partition coefficient (Wildman–Crippen LogP) is -0.935. The van der Waals surface area contributed by atoms with Crippen molar-refractivity contribution < 1.29 is 16.8 Å². The molecule has 0 spiro atoms. The molecule has 0 atom stereocenters. The van der Waals surface area contributed by atoms with Gasteiger partial charge in [-0.3, -0.25) is 0 Å². The SMILES string of the molecule is CS(=O)(=O)CS(=O)(=O)N1CCCN(CCCCN)CC1. The second-order valence-electron chi connectivity index (χ2n) is 5.25. The van der Waals surface area contributed by atoms with Gasteiger partial charge < -0.3 is 10.6 Å². The summed E-state index contributed by atoms with van der Waals surface area (Å²) < 4.78 is 47.7. The number of sulfonamides is 1. The summed E-state index contributed by atoms with van der Waals surface area (Å²) in [5.74, 6) is 0. The Morgan fingerprint density at radius 3 is 2.30 bits per heavy atom. The Bertz CT molecular complexity index is 490. The fourth-order valence-electron chi connectivity index (χ4n) is 2.27. The molecule has 7 nitrogen and oxygen atoms in total. The van der Waals surface area contributed by atoms with Crippen LogP contribution in [0.4, 0.5) is 0 Å². The van der Waals surface area contributed by atoms with Gasteiger partial charge in [0.05, 0.1) is 0 Å². The third-order valence-corrected chi connectivity index (χ3v) is 7.29. The Morgan fingerprint density at radius 1 is 1.00 bits per heavy atom. The maximum atomic E-state index is 12.0. The van der Waals surface area contributed by atoms with Gasteiger partial charge in [0.15, 0.2) is 14.9 Å². The second-order valence-corrected chi connectivity index (χ2v) is 9.72. The summed E-state index contributed by atoms with van der Waals surface area (Å²) in [5.41, 5.74) is 5.45. The zero-order valence-electron chi connectivity index (χ0n) is 12.0. The summed E-state index contributed by atoms with van der Waals surface area (Å²) in [6.45, 7) is 3.83. The van der Waals surface area contributed by atoms with E-state index in [1.54, 1.807) is 0 Å². The molecule has 0 radical (unpaired) electrons. The molecule has 1 heterocycles. The number of nitrogens with two attached hydrogens (primary N) is 1.